The van der Waals surface area contributed by atoms with Gasteiger partial charge in [0, 0.05) is 40.8 Å². The van der Waals surface area contributed by atoms with Gasteiger partial charge in [-0.25, -0.2) is 4.39 Å². The Hall–Kier alpha value is -2.50. The first-order valence-corrected chi connectivity index (χ1v) is 14.1. The van der Waals surface area contributed by atoms with E-state index in [4.69, 9.17) is 11.6 Å². The van der Waals surface area contributed by atoms with E-state index in [9.17, 15) is 9.18 Å². The van der Waals surface area contributed by atoms with Crippen LogP contribution in [0.5, 0.6) is 0 Å². The summed E-state index contributed by atoms with van der Waals surface area (Å²) in [6.07, 6.45) is 10.2. The first-order valence-electron chi connectivity index (χ1n) is 13.7. The number of aromatic nitrogens is 1. The third kappa shape index (κ3) is 5.53. The Bertz CT molecular complexity index is 1280. The van der Waals surface area contributed by atoms with Gasteiger partial charge in [-0.3, -0.25) is 9.78 Å². The molecular weight excluding hydrogens is 485 g/mol. The van der Waals surface area contributed by atoms with Crippen LogP contribution in [0.4, 0.5) is 10.1 Å². The van der Waals surface area contributed by atoms with Gasteiger partial charge >= 0.3 is 0 Å². The SMILES string of the molecule is CC[C@@H]1CCCN1CC1CCC(Nc2c(C(C)=O)cnc3ccc(-c4cc(F)c(C)c(Cl)c4)cc23)CC1. The molecule has 1 aliphatic heterocycles. The average molecular weight is 522 g/mol. The van der Waals surface area contributed by atoms with Crippen LogP contribution in [0.15, 0.2) is 36.5 Å². The predicted octanol–water partition coefficient (Wildman–Crippen LogP) is 8.05. The normalized spacial score (nSPS) is 22.5. The molecule has 4 nitrogen and oxygen atoms in total. The second kappa shape index (κ2) is 11.1. The zero-order valence-corrected chi connectivity index (χ0v) is 22.9. The summed E-state index contributed by atoms with van der Waals surface area (Å²) in [5.74, 6) is 0.409. The number of anilines is 1. The molecule has 0 radical (unpaired) electrons. The third-order valence-electron chi connectivity index (χ3n) is 8.52. The zero-order valence-electron chi connectivity index (χ0n) is 22.1. The summed E-state index contributed by atoms with van der Waals surface area (Å²) in [5.41, 5.74) is 4.25. The van der Waals surface area contributed by atoms with Gasteiger partial charge in [-0.15, -0.1) is 0 Å². The largest absolute Gasteiger partial charge is 0.381 e. The maximum atomic E-state index is 14.4. The third-order valence-corrected chi connectivity index (χ3v) is 8.91. The standard InChI is InChI=1S/C31H37ClFN3O/c1-4-25-6-5-13-36(25)18-21-7-10-24(11-8-21)35-31-26-14-22(23-15-28(32)19(2)29(33)16-23)9-12-30(26)34-17-27(31)20(3)37/h9,12,14-17,21,24-25H,4-8,10-11,13,18H2,1-3H3,(H,34,35)/t21?,24?,25-/m1/s1. The van der Waals surface area contributed by atoms with E-state index in [0.717, 1.165) is 47.0 Å². The van der Waals surface area contributed by atoms with E-state index < -0.39 is 0 Å². The van der Waals surface area contributed by atoms with Crippen molar-refractivity contribution in [3.63, 3.8) is 0 Å². The second-order valence-electron chi connectivity index (χ2n) is 11.0. The molecule has 1 N–H and O–H groups in total. The van der Waals surface area contributed by atoms with Gasteiger partial charge in [-0.1, -0.05) is 24.6 Å². The molecule has 0 spiro atoms. The molecule has 5 rings (SSSR count). The summed E-state index contributed by atoms with van der Waals surface area (Å²) in [4.78, 5) is 19.9. The number of halogens is 2. The van der Waals surface area contributed by atoms with Crippen LogP contribution in [0.2, 0.25) is 5.02 Å². The molecule has 0 bridgehead atoms. The molecule has 2 heterocycles. The van der Waals surface area contributed by atoms with Crippen molar-refractivity contribution in [2.24, 2.45) is 5.92 Å². The van der Waals surface area contributed by atoms with Crippen molar-refractivity contribution in [2.75, 3.05) is 18.4 Å². The predicted molar refractivity (Wildman–Crippen MR) is 151 cm³/mol. The van der Waals surface area contributed by atoms with Crippen LogP contribution in [0.25, 0.3) is 22.0 Å². The number of nitrogens with one attached hydrogen (secondary N) is 1. The fraction of sp³-hybridized carbons (Fsp3) is 0.484. The first kappa shape index (κ1) is 26.1. The van der Waals surface area contributed by atoms with Crippen molar-refractivity contribution in [3.8, 4) is 11.1 Å². The number of carbonyl (C=O) groups excluding carboxylic acids is 1. The van der Waals surface area contributed by atoms with Crippen molar-refractivity contribution in [3.05, 3.63) is 58.5 Å². The minimum atomic E-state index is -0.326. The molecule has 0 amide bonds. The molecule has 196 valence electrons. The molecular formula is C31H37ClFN3O. The quantitative estimate of drug-likeness (QED) is 0.319. The van der Waals surface area contributed by atoms with Crippen LogP contribution in [-0.4, -0.2) is 40.8 Å². The van der Waals surface area contributed by atoms with Crippen molar-refractivity contribution in [1.82, 2.24) is 9.88 Å². The number of ketones is 1. The molecule has 1 aromatic heterocycles. The van der Waals surface area contributed by atoms with Crippen molar-refractivity contribution in [1.29, 1.82) is 0 Å². The number of nitrogens with zero attached hydrogens (tertiary/aromatic N) is 2. The monoisotopic (exact) mass is 521 g/mol. The van der Waals surface area contributed by atoms with E-state index in [1.165, 1.54) is 51.3 Å². The summed E-state index contributed by atoms with van der Waals surface area (Å²) in [7, 11) is 0. The number of fused-ring (bicyclic) bond motifs is 1. The molecule has 0 unspecified atom stereocenters. The lowest BCUT2D eigenvalue weighted by Crippen LogP contribution is -2.36. The Morgan fingerprint density at radius 2 is 1.92 bits per heavy atom. The highest BCUT2D eigenvalue weighted by molar-refractivity contribution is 6.31. The highest BCUT2D eigenvalue weighted by Crippen LogP contribution is 2.36. The maximum Gasteiger partial charge on any atom is 0.163 e. The van der Waals surface area contributed by atoms with E-state index in [1.54, 1.807) is 26.1 Å². The molecule has 3 aromatic rings. The van der Waals surface area contributed by atoms with E-state index in [2.05, 4.69) is 22.1 Å². The highest BCUT2D eigenvalue weighted by atomic mass is 35.5. The van der Waals surface area contributed by atoms with Gasteiger partial charge < -0.3 is 10.2 Å². The summed E-state index contributed by atoms with van der Waals surface area (Å²) in [6.45, 7) is 8.05. The molecule has 6 heteroatoms. The number of carbonyl (C=O) groups is 1. The molecule has 1 atom stereocenters. The van der Waals surface area contributed by atoms with E-state index in [0.29, 0.717) is 27.8 Å². The van der Waals surface area contributed by atoms with Gasteiger partial charge in [-0.2, -0.15) is 0 Å². The molecule has 2 aromatic carbocycles. The van der Waals surface area contributed by atoms with Crippen LogP contribution < -0.4 is 5.32 Å². The minimum absolute atomic E-state index is 0.0138. The number of pyridine rings is 1. The molecule has 1 saturated heterocycles. The number of hydrogen-bond donors (Lipinski definition) is 1. The van der Waals surface area contributed by atoms with Crippen molar-refractivity contribution < 1.29 is 9.18 Å². The van der Waals surface area contributed by atoms with Crippen molar-refractivity contribution in [2.45, 2.75) is 77.8 Å². The summed E-state index contributed by atoms with van der Waals surface area (Å²) < 4.78 is 14.4. The number of benzene rings is 2. The minimum Gasteiger partial charge on any atom is -0.381 e. The molecule has 2 fully saturated rings. The Morgan fingerprint density at radius 1 is 1.14 bits per heavy atom. The fourth-order valence-electron chi connectivity index (χ4n) is 6.23. The van der Waals surface area contributed by atoms with Gasteiger partial charge in [0.15, 0.2) is 5.78 Å². The molecule has 2 aliphatic rings. The van der Waals surface area contributed by atoms with Gasteiger partial charge in [0.1, 0.15) is 5.82 Å². The summed E-state index contributed by atoms with van der Waals surface area (Å²) >= 11 is 6.28. The Morgan fingerprint density at radius 3 is 2.62 bits per heavy atom. The highest BCUT2D eigenvalue weighted by Gasteiger charge is 2.29. The van der Waals surface area contributed by atoms with Crippen LogP contribution in [0, 0.1) is 18.7 Å². The van der Waals surface area contributed by atoms with E-state index in [-0.39, 0.29) is 11.6 Å². The molecule has 37 heavy (non-hydrogen) atoms. The fourth-order valence-corrected chi connectivity index (χ4v) is 6.44. The van der Waals surface area contributed by atoms with Crippen LogP contribution in [0.3, 0.4) is 0 Å². The van der Waals surface area contributed by atoms with Crippen LogP contribution in [0.1, 0.15) is 74.7 Å². The lowest BCUT2D eigenvalue weighted by molar-refractivity contribution is 0.101. The lowest BCUT2D eigenvalue weighted by atomic mass is 9.85. The number of likely N-dealkylation sites (tertiary alicyclic amines) is 1. The topological polar surface area (TPSA) is 45.2 Å². The van der Waals surface area contributed by atoms with Gasteiger partial charge in [0.2, 0.25) is 0 Å². The Balaban J connectivity index is 1.39. The smallest absolute Gasteiger partial charge is 0.163 e. The van der Waals surface area contributed by atoms with Gasteiger partial charge in [0.05, 0.1) is 16.8 Å². The van der Waals surface area contributed by atoms with Gasteiger partial charge in [0.25, 0.3) is 0 Å². The summed E-state index contributed by atoms with van der Waals surface area (Å²) in [6, 6.07) is 10.3. The zero-order chi connectivity index (χ0) is 26.1. The molecule has 1 saturated carbocycles. The van der Waals surface area contributed by atoms with E-state index >= 15 is 0 Å². The Labute approximate surface area is 224 Å². The Kier molecular flexibility index (Phi) is 7.83. The first-order chi connectivity index (χ1) is 17.8. The second-order valence-corrected chi connectivity index (χ2v) is 11.4. The number of Topliss-reactive ketones (excluding diaryl/α,β-unsaturated/α-hetero) is 1. The van der Waals surface area contributed by atoms with Gasteiger partial charge in [-0.05, 0) is 107 Å². The average Bonchev–Trinajstić information content (AvgIpc) is 3.34. The van der Waals surface area contributed by atoms with E-state index in [1.807, 2.05) is 18.2 Å². The maximum absolute atomic E-state index is 14.4. The summed E-state index contributed by atoms with van der Waals surface area (Å²) in [5, 5.41) is 5.03. The molecule has 1 aliphatic carbocycles. The lowest BCUT2D eigenvalue weighted by Gasteiger charge is -2.34. The number of rotatable bonds is 7. The van der Waals surface area contributed by atoms with Crippen LogP contribution in [-0.2, 0) is 0 Å². The van der Waals surface area contributed by atoms with Crippen molar-refractivity contribution >= 4 is 34.0 Å². The van der Waals surface area contributed by atoms with Crippen LogP contribution >= 0.6 is 11.6 Å². The number of hydrogen-bond acceptors (Lipinski definition) is 4.